The van der Waals surface area contributed by atoms with Crippen LogP contribution in [0.2, 0.25) is 0 Å². The lowest BCUT2D eigenvalue weighted by atomic mass is 9.88. The van der Waals surface area contributed by atoms with E-state index in [9.17, 15) is 80.8 Å². The molecule has 0 bridgehead atoms. The largest absolute Gasteiger partial charge is 0.477 e. The molecule has 27 nitrogen and oxygen atoms in total. The topological polar surface area (TPSA) is 438 Å². The number of carbonyl (C=O) groups is 3. The number of amides is 2. The van der Waals surface area contributed by atoms with Crippen LogP contribution in [-0.4, -0.2) is 252 Å². The maximum absolute atomic E-state index is 13.2. The van der Waals surface area contributed by atoms with Crippen LogP contribution >= 0.6 is 0 Å². The number of aliphatic carboxylic acids is 1. The zero-order valence-electron chi connectivity index (χ0n) is 34.5. The molecule has 4 fully saturated rings. The number of carboxylic acid groups (broad SMARTS) is 1. The Labute approximate surface area is 360 Å². The van der Waals surface area contributed by atoms with Gasteiger partial charge in [-0.1, -0.05) is 0 Å². The second-order valence-electron chi connectivity index (χ2n) is 15.7. The molecule has 0 saturated carbocycles. The number of carbonyl (C=O) groups excluding carboxylic acids is 2. The first-order chi connectivity index (χ1) is 29.8. The van der Waals surface area contributed by atoms with Crippen molar-refractivity contribution in [3.05, 3.63) is 0 Å². The summed E-state index contributed by atoms with van der Waals surface area (Å²) in [4.78, 5) is 37.6. The Morgan fingerprint density at radius 2 is 1.25 bits per heavy atom. The summed E-state index contributed by atoms with van der Waals surface area (Å²) in [5.74, 6) is -6.82. The number of aliphatic hydroxyl groups is 12. The normalized spacial score (nSPS) is 42.0. The van der Waals surface area contributed by atoms with Gasteiger partial charge in [-0.2, -0.15) is 0 Å². The number of aliphatic hydroxyl groups excluding tert-OH is 12. The van der Waals surface area contributed by atoms with Gasteiger partial charge >= 0.3 is 5.97 Å². The summed E-state index contributed by atoms with van der Waals surface area (Å²) in [6, 6.07) is -3.35. The Morgan fingerprint density at radius 3 is 1.83 bits per heavy atom. The van der Waals surface area contributed by atoms with Gasteiger partial charge in [-0.05, 0) is 25.8 Å². The number of carboxylic acids is 1. The first-order valence-corrected chi connectivity index (χ1v) is 20.4. The summed E-state index contributed by atoms with van der Waals surface area (Å²) in [6.07, 6.45) is -34.1. The highest BCUT2D eigenvalue weighted by Gasteiger charge is 2.61. The molecule has 0 aromatic rings. The van der Waals surface area contributed by atoms with Crippen LogP contribution < -0.4 is 16.4 Å². The molecule has 366 valence electrons. The molecule has 4 rings (SSSR count). The Kier molecular flexibility index (Phi) is 20.1. The van der Waals surface area contributed by atoms with Gasteiger partial charge in [0.05, 0.1) is 38.6 Å². The highest BCUT2D eigenvalue weighted by Crippen LogP contribution is 2.40. The number of unbranched alkanes of at least 4 members (excludes halogenated alkanes) is 2. The molecule has 2 amide bonds. The van der Waals surface area contributed by atoms with Crippen molar-refractivity contribution in [3.63, 3.8) is 0 Å². The second-order valence-corrected chi connectivity index (χ2v) is 15.7. The first kappa shape index (κ1) is 53.2. The quantitative estimate of drug-likeness (QED) is 0.0475. The van der Waals surface area contributed by atoms with Gasteiger partial charge in [-0.3, -0.25) is 9.59 Å². The van der Waals surface area contributed by atoms with Crippen molar-refractivity contribution in [1.82, 2.24) is 10.6 Å². The molecule has 0 aromatic carbocycles. The van der Waals surface area contributed by atoms with Gasteiger partial charge in [0.25, 0.3) is 5.79 Å². The van der Waals surface area contributed by atoms with Crippen molar-refractivity contribution < 1.29 is 119 Å². The molecule has 0 radical (unpaired) electrons. The maximum Gasteiger partial charge on any atom is 0.364 e. The molecule has 0 aromatic heterocycles. The Hall–Kier alpha value is -2.43. The van der Waals surface area contributed by atoms with Crippen LogP contribution in [0.3, 0.4) is 0 Å². The Bertz CT molecular complexity index is 1460. The molecule has 27 heteroatoms. The summed E-state index contributed by atoms with van der Waals surface area (Å²) in [7, 11) is 0. The van der Waals surface area contributed by atoms with E-state index in [1.165, 1.54) is 0 Å². The molecule has 17 N–H and O–H groups in total. The Balaban J connectivity index is 1.78. The van der Waals surface area contributed by atoms with E-state index in [0.29, 0.717) is 25.8 Å². The molecule has 0 unspecified atom stereocenters. The van der Waals surface area contributed by atoms with Crippen molar-refractivity contribution in [1.29, 1.82) is 0 Å². The van der Waals surface area contributed by atoms with Gasteiger partial charge in [0.15, 0.2) is 18.9 Å². The predicted octanol–water partition coefficient (Wildman–Crippen LogP) is -9.10. The van der Waals surface area contributed by atoms with Gasteiger partial charge in [0, 0.05) is 26.9 Å². The van der Waals surface area contributed by atoms with Crippen molar-refractivity contribution in [2.45, 2.75) is 168 Å². The van der Waals surface area contributed by atoms with Gasteiger partial charge < -0.3 is 121 Å². The molecule has 4 saturated heterocycles. The molecule has 63 heavy (non-hydrogen) atoms. The highest BCUT2D eigenvalue weighted by atomic mass is 16.8. The molecule has 4 aliphatic heterocycles. The highest BCUT2D eigenvalue weighted by molar-refractivity contribution is 5.76. The van der Waals surface area contributed by atoms with Crippen LogP contribution in [0.15, 0.2) is 0 Å². The lowest BCUT2D eigenvalue weighted by molar-refractivity contribution is -0.400. The zero-order valence-corrected chi connectivity index (χ0v) is 34.5. The number of ether oxygens (including phenoxy) is 8. The smallest absolute Gasteiger partial charge is 0.364 e. The summed E-state index contributed by atoms with van der Waals surface area (Å²) < 4.78 is 46.4. The Morgan fingerprint density at radius 1 is 0.698 bits per heavy atom. The molecule has 0 spiro atoms. The van der Waals surface area contributed by atoms with Gasteiger partial charge in [0.1, 0.15) is 91.5 Å². The predicted molar refractivity (Wildman–Crippen MR) is 201 cm³/mol. The van der Waals surface area contributed by atoms with E-state index < -0.39 is 179 Å². The SMILES string of the molecule is CC(=O)N[C@H]1[C@@H](O[C@@H]2[C@@H](O)[C@H](O[C@@H]3[C@@H](O)[C@H](OCCCCCN)O[C@H](CO)[C@H]3O)O[C@H](CO)[C@H]2O[C@@]2(C(=O)O)C[C@H](O)[C@@H](NC(C)=O)[C@H]([C@H](O)[C@H](O)CO)O2)O[C@H](CO)[C@H](O)[C@@H]1O. The van der Waals surface area contributed by atoms with Gasteiger partial charge in [0.2, 0.25) is 11.8 Å². The fourth-order valence-corrected chi connectivity index (χ4v) is 7.79. The third-order valence-corrected chi connectivity index (χ3v) is 11.1. The fourth-order valence-electron chi connectivity index (χ4n) is 7.79. The molecule has 4 heterocycles. The van der Waals surface area contributed by atoms with Crippen LogP contribution in [0.25, 0.3) is 0 Å². The minimum atomic E-state index is -3.17. The van der Waals surface area contributed by atoms with Crippen molar-refractivity contribution in [3.8, 4) is 0 Å². The lowest BCUT2D eigenvalue weighted by Crippen LogP contribution is -2.72. The van der Waals surface area contributed by atoms with Crippen LogP contribution in [0, 0.1) is 0 Å². The fraction of sp³-hybridized carbons (Fsp3) is 0.917. The van der Waals surface area contributed by atoms with Gasteiger partial charge in [-0.15, -0.1) is 0 Å². The van der Waals surface area contributed by atoms with Crippen LogP contribution in [0.1, 0.15) is 39.5 Å². The maximum atomic E-state index is 13.2. The van der Waals surface area contributed by atoms with E-state index in [2.05, 4.69) is 10.6 Å². The number of rotatable bonds is 21. The minimum absolute atomic E-state index is 0.0313. The third-order valence-electron chi connectivity index (χ3n) is 11.1. The number of nitrogens with two attached hydrogens (primary N) is 1. The summed E-state index contributed by atoms with van der Waals surface area (Å²) >= 11 is 0. The van der Waals surface area contributed by atoms with E-state index in [1.807, 2.05) is 0 Å². The second kappa shape index (κ2) is 23.8. The number of nitrogens with one attached hydrogen (secondary N) is 2. The monoisotopic (exact) mass is 921 g/mol. The van der Waals surface area contributed by atoms with E-state index in [0.717, 1.165) is 13.8 Å². The minimum Gasteiger partial charge on any atom is -0.477 e. The zero-order chi connectivity index (χ0) is 46.9. The average Bonchev–Trinajstić information content (AvgIpc) is 3.24. The van der Waals surface area contributed by atoms with E-state index in [-0.39, 0.29) is 6.61 Å². The molecular formula is C36H63N3O24. The number of hydrogen-bond acceptors (Lipinski definition) is 24. The van der Waals surface area contributed by atoms with Crippen LogP contribution in [0.5, 0.6) is 0 Å². The standard InChI is InChI=1S/C36H63N3O24/c1-13(44)38-20-15(46)8-36(35(54)55,63-29(20)22(48)16(47)9-40)62-28-19(12-43)59-34(60-30-24(50)18(11-42)58-33(26(30)52)56-7-5-3-4-6-37)27(53)31(28)61-32-21(39-14(2)45)25(51)23(49)17(10-41)57-32/h15-34,40-43,46-53H,3-12,37H2,1-2H3,(H,38,44)(H,39,45)(H,54,55)/t15-,16+,17+,18+,19+,20+,21+,22+,23-,24+,25+,26+,27+,28+,29+,30-,31+,32+,33+,34-,36-/m0/s1. The summed E-state index contributed by atoms with van der Waals surface area (Å²) in [5, 5.41) is 144. The molecular weight excluding hydrogens is 858 g/mol. The van der Waals surface area contributed by atoms with Crippen LogP contribution in [0.4, 0.5) is 0 Å². The van der Waals surface area contributed by atoms with Crippen LogP contribution in [-0.2, 0) is 52.3 Å². The summed E-state index contributed by atoms with van der Waals surface area (Å²) in [6.45, 7) is -1.55. The van der Waals surface area contributed by atoms with Crippen molar-refractivity contribution in [2.24, 2.45) is 5.73 Å². The number of hydrogen-bond donors (Lipinski definition) is 16. The van der Waals surface area contributed by atoms with E-state index in [1.54, 1.807) is 0 Å². The van der Waals surface area contributed by atoms with Crippen molar-refractivity contribution in [2.75, 3.05) is 39.6 Å². The third kappa shape index (κ3) is 12.5. The first-order valence-electron chi connectivity index (χ1n) is 20.4. The lowest BCUT2D eigenvalue weighted by Gasteiger charge is -2.52. The average molecular weight is 922 g/mol. The molecule has 0 aliphatic carbocycles. The van der Waals surface area contributed by atoms with Gasteiger partial charge in [-0.25, -0.2) is 4.79 Å². The van der Waals surface area contributed by atoms with E-state index in [4.69, 9.17) is 43.6 Å². The molecule has 4 aliphatic rings. The van der Waals surface area contributed by atoms with E-state index >= 15 is 0 Å². The van der Waals surface area contributed by atoms with Crippen molar-refractivity contribution >= 4 is 17.8 Å². The summed E-state index contributed by atoms with van der Waals surface area (Å²) in [5.41, 5.74) is 5.53. The molecule has 21 atom stereocenters.